The molecule has 1 saturated heterocycles. The van der Waals surface area contributed by atoms with Crippen molar-refractivity contribution in [2.75, 3.05) is 6.54 Å². The first-order valence-electron chi connectivity index (χ1n) is 7.76. The van der Waals surface area contributed by atoms with Gasteiger partial charge in [-0.25, -0.2) is 0 Å². The van der Waals surface area contributed by atoms with Crippen LogP contribution >= 0.6 is 0 Å². The van der Waals surface area contributed by atoms with Gasteiger partial charge in [0.2, 0.25) is 5.91 Å². The molecule has 19 heavy (non-hydrogen) atoms. The van der Waals surface area contributed by atoms with Gasteiger partial charge in [0.1, 0.15) is 0 Å². The maximum absolute atomic E-state index is 12.3. The van der Waals surface area contributed by atoms with Gasteiger partial charge in [0, 0.05) is 17.5 Å². The molecule has 2 aliphatic carbocycles. The third-order valence-electron chi connectivity index (χ3n) is 5.26. The molecule has 0 bridgehead atoms. The van der Waals surface area contributed by atoms with E-state index in [9.17, 15) is 9.90 Å². The van der Waals surface area contributed by atoms with Gasteiger partial charge in [0.05, 0.1) is 5.60 Å². The summed E-state index contributed by atoms with van der Waals surface area (Å²) in [7, 11) is 0. The Kier molecular flexibility index (Phi) is 3.34. The number of hydrogen-bond acceptors (Lipinski definition) is 3. The van der Waals surface area contributed by atoms with Crippen molar-refractivity contribution in [2.24, 2.45) is 5.92 Å². The normalized spacial score (nSPS) is 40.9. The summed E-state index contributed by atoms with van der Waals surface area (Å²) >= 11 is 0. The Labute approximate surface area is 115 Å². The van der Waals surface area contributed by atoms with Crippen LogP contribution in [0.15, 0.2) is 0 Å². The highest BCUT2D eigenvalue weighted by Crippen LogP contribution is 2.44. The summed E-state index contributed by atoms with van der Waals surface area (Å²) in [5.41, 5.74) is -0.204. The Balaban J connectivity index is 1.48. The molecule has 1 atom stereocenters. The summed E-state index contributed by atoms with van der Waals surface area (Å²) in [5, 5.41) is 16.7. The molecule has 0 aromatic carbocycles. The molecule has 1 aliphatic heterocycles. The van der Waals surface area contributed by atoms with E-state index < -0.39 is 5.60 Å². The fourth-order valence-electron chi connectivity index (χ4n) is 3.62. The lowest BCUT2D eigenvalue weighted by molar-refractivity contribution is -0.127. The molecule has 3 N–H and O–H groups in total. The lowest BCUT2D eigenvalue weighted by Gasteiger charge is -2.35. The Morgan fingerprint density at radius 3 is 2.53 bits per heavy atom. The molecule has 1 heterocycles. The van der Waals surface area contributed by atoms with Crippen molar-refractivity contribution in [1.82, 2.24) is 10.6 Å². The minimum absolute atomic E-state index is 0.200. The van der Waals surface area contributed by atoms with Gasteiger partial charge < -0.3 is 15.7 Å². The second-order valence-electron chi connectivity index (χ2n) is 7.18. The second-order valence-corrected chi connectivity index (χ2v) is 7.18. The van der Waals surface area contributed by atoms with E-state index in [1.165, 1.54) is 12.8 Å². The van der Waals surface area contributed by atoms with Gasteiger partial charge in [0.15, 0.2) is 0 Å². The summed E-state index contributed by atoms with van der Waals surface area (Å²) in [6.45, 7) is 2.88. The van der Waals surface area contributed by atoms with Crippen LogP contribution in [0.4, 0.5) is 0 Å². The van der Waals surface area contributed by atoms with E-state index in [4.69, 9.17) is 0 Å². The molecule has 3 fully saturated rings. The largest absolute Gasteiger partial charge is 0.390 e. The van der Waals surface area contributed by atoms with E-state index in [0.29, 0.717) is 5.54 Å². The molecule has 4 nitrogen and oxygen atoms in total. The third-order valence-corrected chi connectivity index (χ3v) is 5.26. The lowest BCUT2D eigenvalue weighted by atomic mass is 9.83. The average Bonchev–Trinajstić information content (AvgIpc) is 3.11. The Hall–Kier alpha value is -0.610. The quantitative estimate of drug-likeness (QED) is 0.706. The van der Waals surface area contributed by atoms with Gasteiger partial charge in [0.25, 0.3) is 0 Å². The molecule has 2 saturated carbocycles. The smallest absolute Gasteiger partial charge is 0.223 e. The number of nitrogens with one attached hydrogen (secondary N) is 2. The number of piperidine rings is 1. The summed E-state index contributed by atoms with van der Waals surface area (Å²) in [6.07, 6.45) is 7.89. The minimum Gasteiger partial charge on any atom is -0.390 e. The van der Waals surface area contributed by atoms with Gasteiger partial charge in [-0.1, -0.05) is 0 Å². The van der Waals surface area contributed by atoms with Crippen molar-refractivity contribution in [3.05, 3.63) is 0 Å². The van der Waals surface area contributed by atoms with Gasteiger partial charge in [-0.05, 0) is 64.8 Å². The van der Waals surface area contributed by atoms with Crippen LogP contribution in [0.5, 0.6) is 0 Å². The van der Waals surface area contributed by atoms with Gasteiger partial charge >= 0.3 is 0 Å². The molecule has 4 heteroatoms. The van der Waals surface area contributed by atoms with Crippen molar-refractivity contribution < 1.29 is 9.90 Å². The predicted octanol–water partition coefficient (Wildman–Crippen LogP) is 1.33. The maximum atomic E-state index is 12.3. The van der Waals surface area contributed by atoms with Crippen molar-refractivity contribution in [1.29, 1.82) is 0 Å². The first kappa shape index (κ1) is 13.4. The number of carbonyl (C=O) groups excluding carboxylic acids is 1. The van der Waals surface area contributed by atoms with Crippen LogP contribution in [0, 0.1) is 5.92 Å². The molecule has 1 amide bonds. The highest BCUT2D eigenvalue weighted by atomic mass is 16.3. The fourth-order valence-corrected chi connectivity index (χ4v) is 3.62. The molecule has 108 valence electrons. The zero-order valence-electron chi connectivity index (χ0n) is 11.9. The predicted molar refractivity (Wildman–Crippen MR) is 73.7 cm³/mol. The topological polar surface area (TPSA) is 61.4 Å². The summed E-state index contributed by atoms with van der Waals surface area (Å²) in [6, 6.07) is 0.276. The van der Waals surface area contributed by atoms with E-state index >= 15 is 0 Å². The molecule has 0 aromatic rings. The maximum Gasteiger partial charge on any atom is 0.223 e. The fraction of sp³-hybridized carbons (Fsp3) is 0.933. The van der Waals surface area contributed by atoms with E-state index in [-0.39, 0.29) is 17.9 Å². The average molecular weight is 266 g/mol. The van der Waals surface area contributed by atoms with E-state index in [1.807, 2.05) is 6.92 Å². The molecule has 1 spiro atoms. The van der Waals surface area contributed by atoms with Crippen LogP contribution in [0.3, 0.4) is 0 Å². The second kappa shape index (κ2) is 4.74. The van der Waals surface area contributed by atoms with Crippen LogP contribution < -0.4 is 10.6 Å². The van der Waals surface area contributed by atoms with Crippen LogP contribution in [0.2, 0.25) is 0 Å². The number of amides is 1. The van der Waals surface area contributed by atoms with Crippen LogP contribution in [-0.2, 0) is 4.79 Å². The van der Waals surface area contributed by atoms with Crippen LogP contribution in [0.25, 0.3) is 0 Å². The summed E-state index contributed by atoms with van der Waals surface area (Å²) in [4.78, 5) is 12.3. The van der Waals surface area contributed by atoms with E-state index in [0.717, 1.165) is 45.1 Å². The first-order chi connectivity index (χ1) is 8.98. The zero-order chi connectivity index (χ0) is 13.5. The van der Waals surface area contributed by atoms with Crippen molar-refractivity contribution in [3.8, 4) is 0 Å². The number of rotatable bonds is 2. The minimum atomic E-state index is -0.520. The third kappa shape index (κ3) is 3.11. The Bertz CT molecular complexity index is 353. The molecular weight excluding hydrogens is 240 g/mol. The number of aliphatic hydroxyl groups is 1. The van der Waals surface area contributed by atoms with E-state index in [1.54, 1.807) is 0 Å². The number of carbonyl (C=O) groups is 1. The van der Waals surface area contributed by atoms with Crippen molar-refractivity contribution in [2.45, 2.75) is 75.5 Å². The molecule has 3 aliphatic rings. The molecule has 1 unspecified atom stereocenters. The van der Waals surface area contributed by atoms with E-state index in [2.05, 4.69) is 10.6 Å². The van der Waals surface area contributed by atoms with Gasteiger partial charge in [-0.3, -0.25) is 4.79 Å². The van der Waals surface area contributed by atoms with Crippen LogP contribution in [0.1, 0.15) is 58.3 Å². The Morgan fingerprint density at radius 2 is 1.89 bits per heavy atom. The summed E-state index contributed by atoms with van der Waals surface area (Å²) < 4.78 is 0. The standard InChI is InChI=1S/C15H26N2O2/c1-14(19)5-2-12(3-6-14)17-13(18)11-4-9-16-15(10-11)7-8-15/h11-12,16,19H,2-10H2,1H3,(H,17,18). The highest BCUT2D eigenvalue weighted by molar-refractivity contribution is 5.79. The van der Waals surface area contributed by atoms with Gasteiger partial charge in [-0.2, -0.15) is 0 Å². The lowest BCUT2D eigenvalue weighted by Crippen LogP contribution is -2.48. The molecular formula is C15H26N2O2. The first-order valence-corrected chi connectivity index (χ1v) is 7.76. The summed E-state index contributed by atoms with van der Waals surface area (Å²) in [5.74, 6) is 0.450. The Morgan fingerprint density at radius 1 is 1.21 bits per heavy atom. The van der Waals surface area contributed by atoms with Crippen molar-refractivity contribution in [3.63, 3.8) is 0 Å². The molecule has 3 rings (SSSR count). The molecule has 0 radical (unpaired) electrons. The van der Waals surface area contributed by atoms with Gasteiger partial charge in [-0.15, -0.1) is 0 Å². The zero-order valence-corrected chi connectivity index (χ0v) is 11.9. The SMILES string of the molecule is CC1(O)CCC(NC(=O)C2CCNC3(CC3)C2)CC1. The van der Waals surface area contributed by atoms with Crippen LogP contribution in [-0.4, -0.2) is 34.7 Å². The number of hydrogen-bond donors (Lipinski definition) is 3. The molecule has 0 aromatic heterocycles. The monoisotopic (exact) mass is 266 g/mol. The highest BCUT2D eigenvalue weighted by Gasteiger charge is 2.47. The van der Waals surface area contributed by atoms with Crippen molar-refractivity contribution >= 4 is 5.91 Å².